The van der Waals surface area contributed by atoms with E-state index in [2.05, 4.69) is 10.6 Å². The van der Waals surface area contributed by atoms with Gasteiger partial charge in [-0.15, -0.1) is 0 Å². The number of carbonyl (C=O) groups is 4. The first kappa shape index (κ1) is 18.5. The highest BCUT2D eigenvalue weighted by Gasteiger charge is 2.36. The molecule has 0 aliphatic carbocycles. The van der Waals surface area contributed by atoms with Crippen molar-refractivity contribution in [1.29, 1.82) is 0 Å². The van der Waals surface area contributed by atoms with E-state index in [0.717, 1.165) is 11.0 Å². The van der Waals surface area contributed by atoms with Gasteiger partial charge in [0, 0.05) is 5.69 Å². The minimum atomic E-state index is -0.670. The lowest BCUT2D eigenvalue weighted by Gasteiger charge is -2.13. The van der Waals surface area contributed by atoms with Crippen LogP contribution >= 0.6 is 11.6 Å². The Hall–Kier alpha value is -3.26. The summed E-state index contributed by atoms with van der Waals surface area (Å²) in [6.45, 7) is -0.890. The van der Waals surface area contributed by atoms with E-state index in [9.17, 15) is 23.6 Å². The van der Waals surface area contributed by atoms with Crippen LogP contribution in [0.2, 0.25) is 5.02 Å². The Bertz CT molecular complexity index is 928. The van der Waals surface area contributed by atoms with Gasteiger partial charge in [0.1, 0.15) is 12.4 Å². The molecule has 7 nitrogen and oxygen atoms in total. The molecule has 0 atom stereocenters. The Kier molecular flexibility index (Phi) is 5.18. The molecule has 1 aliphatic rings. The summed E-state index contributed by atoms with van der Waals surface area (Å²) >= 11 is 5.62. The highest BCUT2D eigenvalue weighted by atomic mass is 35.5. The van der Waals surface area contributed by atoms with Crippen molar-refractivity contribution in [3.63, 3.8) is 0 Å². The number of halogens is 2. The van der Waals surface area contributed by atoms with Crippen LogP contribution < -0.4 is 10.6 Å². The van der Waals surface area contributed by atoms with E-state index < -0.39 is 42.5 Å². The van der Waals surface area contributed by atoms with Gasteiger partial charge in [-0.1, -0.05) is 23.7 Å². The van der Waals surface area contributed by atoms with Crippen LogP contribution in [-0.4, -0.2) is 41.6 Å². The van der Waals surface area contributed by atoms with E-state index in [4.69, 9.17) is 11.6 Å². The average Bonchev–Trinajstić information content (AvgIpc) is 2.88. The van der Waals surface area contributed by atoms with Crippen molar-refractivity contribution in [3.05, 3.63) is 64.4 Å². The third-order valence-electron chi connectivity index (χ3n) is 3.83. The molecule has 3 rings (SSSR count). The van der Waals surface area contributed by atoms with Gasteiger partial charge in [-0.3, -0.25) is 24.1 Å². The van der Waals surface area contributed by atoms with Crippen molar-refractivity contribution in [2.45, 2.75) is 0 Å². The van der Waals surface area contributed by atoms with Crippen LogP contribution in [0, 0.1) is 5.82 Å². The van der Waals surface area contributed by atoms with E-state index in [1.807, 2.05) is 0 Å². The lowest BCUT2D eigenvalue weighted by molar-refractivity contribution is -0.124. The highest BCUT2D eigenvalue weighted by molar-refractivity contribution is 6.31. The van der Waals surface area contributed by atoms with Crippen LogP contribution in [0.15, 0.2) is 42.5 Å². The number of nitrogens with zero attached hydrogens (tertiary/aromatic N) is 1. The van der Waals surface area contributed by atoms with E-state index in [-0.39, 0.29) is 21.8 Å². The SMILES string of the molecule is O=C(CN1C(=O)c2ccccc2C1=O)NCC(=O)Nc1ccc(F)c(Cl)c1. The predicted octanol–water partition coefficient (Wildman–Crippen LogP) is 1.83. The molecular formula is C18H13ClFN3O4. The zero-order chi connectivity index (χ0) is 19.6. The van der Waals surface area contributed by atoms with Crippen molar-refractivity contribution < 1.29 is 23.6 Å². The number of carbonyl (C=O) groups excluding carboxylic acids is 4. The smallest absolute Gasteiger partial charge is 0.262 e. The Labute approximate surface area is 158 Å². The largest absolute Gasteiger partial charge is 0.345 e. The molecule has 0 fully saturated rings. The molecular weight excluding hydrogens is 377 g/mol. The van der Waals surface area contributed by atoms with Crippen molar-refractivity contribution >= 4 is 40.9 Å². The van der Waals surface area contributed by atoms with Crippen LogP contribution in [0.1, 0.15) is 20.7 Å². The number of hydrogen-bond acceptors (Lipinski definition) is 4. The first-order valence-corrected chi connectivity index (χ1v) is 8.21. The van der Waals surface area contributed by atoms with Gasteiger partial charge in [0.2, 0.25) is 11.8 Å². The summed E-state index contributed by atoms with van der Waals surface area (Å²) in [7, 11) is 0. The Balaban J connectivity index is 1.53. The molecule has 1 heterocycles. The molecule has 27 heavy (non-hydrogen) atoms. The second-order valence-corrected chi connectivity index (χ2v) is 6.10. The number of anilines is 1. The molecule has 0 bridgehead atoms. The lowest BCUT2D eigenvalue weighted by atomic mass is 10.1. The van der Waals surface area contributed by atoms with Crippen LogP contribution in [0.25, 0.3) is 0 Å². The third-order valence-corrected chi connectivity index (χ3v) is 4.12. The summed E-state index contributed by atoms with van der Waals surface area (Å²) in [4.78, 5) is 49.0. The zero-order valence-corrected chi connectivity index (χ0v) is 14.5. The number of fused-ring (bicyclic) bond motifs is 1. The maximum absolute atomic E-state index is 13.1. The van der Waals surface area contributed by atoms with Gasteiger partial charge in [-0.05, 0) is 30.3 Å². The molecule has 138 valence electrons. The van der Waals surface area contributed by atoms with E-state index in [1.165, 1.54) is 24.3 Å². The molecule has 2 aromatic carbocycles. The lowest BCUT2D eigenvalue weighted by Crippen LogP contribution is -2.42. The van der Waals surface area contributed by atoms with E-state index >= 15 is 0 Å². The minimum Gasteiger partial charge on any atom is -0.345 e. The minimum absolute atomic E-state index is 0.151. The summed E-state index contributed by atoms with van der Waals surface area (Å²) in [5, 5.41) is 4.61. The van der Waals surface area contributed by atoms with Gasteiger partial charge in [0.15, 0.2) is 0 Å². The number of rotatable bonds is 5. The predicted molar refractivity (Wildman–Crippen MR) is 94.9 cm³/mol. The molecule has 0 radical (unpaired) electrons. The van der Waals surface area contributed by atoms with E-state index in [1.54, 1.807) is 12.1 Å². The summed E-state index contributed by atoms with van der Waals surface area (Å²) in [6.07, 6.45) is 0. The molecule has 0 saturated carbocycles. The number of benzene rings is 2. The molecule has 0 unspecified atom stereocenters. The Morgan fingerprint density at radius 1 is 1.00 bits per heavy atom. The molecule has 4 amide bonds. The van der Waals surface area contributed by atoms with Gasteiger partial charge < -0.3 is 10.6 Å². The summed E-state index contributed by atoms with van der Waals surface area (Å²) in [5.41, 5.74) is 0.739. The van der Waals surface area contributed by atoms with Crippen molar-refractivity contribution in [2.24, 2.45) is 0 Å². The molecule has 2 N–H and O–H groups in total. The van der Waals surface area contributed by atoms with Gasteiger partial charge >= 0.3 is 0 Å². The fourth-order valence-corrected chi connectivity index (χ4v) is 2.72. The molecule has 0 spiro atoms. The topological polar surface area (TPSA) is 95.6 Å². The van der Waals surface area contributed by atoms with Gasteiger partial charge in [0.25, 0.3) is 11.8 Å². The Morgan fingerprint density at radius 3 is 2.22 bits per heavy atom. The fourth-order valence-electron chi connectivity index (χ4n) is 2.54. The molecule has 2 aromatic rings. The quantitative estimate of drug-likeness (QED) is 0.763. The van der Waals surface area contributed by atoms with Crippen molar-refractivity contribution in [3.8, 4) is 0 Å². The molecule has 1 aliphatic heterocycles. The highest BCUT2D eigenvalue weighted by Crippen LogP contribution is 2.22. The maximum Gasteiger partial charge on any atom is 0.262 e. The van der Waals surface area contributed by atoms with Gasteiger partial charge in [0.05, 0.1) is 22.7 Å². The van der Waals surface area contributed by atoms with Crippen LogP contribution in [-0.2, 0) is 9.59 Å². The second-order valence-electron chi connectivity index (χ2n) is 5.70. The van der Waals surface area contributed by atoms with Crippen LogP contribution in [0.4, 0.5) is 10.1 Å². The monoisotopic (exact) mass is 389 g/mol. The van der Waals surface area contributed by atoms with Crippen molar-refractivity contribution in [2.75, 3.05) is 18.4 Å². The first-order chi connectivity index (χ1) is 12.9. The number of amides is 4. The third kappa shape index (κ3) is 3.95. The standard InChI is InChI=1S/C18H13ClFN3O4/c19-13-7-10(5-6-14(13)20)22-15(24)8-21-16(25)9-23-17(26)11-3-1-2-4-12(11)18(23)27/h1-7H,8-9H2,(H,21,25)(H,22,24). The average molecular weight is 390 g/mol. The van der Waals surface area contributed by atoms with Crippen molar-refractivity contribution in [1.82, 2.24) is 10.2 Å². The van der Waals surface area contributed by atoms with Gasteiger partial charge in [-0.2, -0.15) is 0 Å². The maximum atomic E-state index is 13.1. The Morgan fingerprint density at radius 2 is 1.63 bits per heavy atom. The number of imide groups is 1. The summed E-state index contributed by atoms with van der Waals surface area (Å²) in [6, 6.07) is 9.91. The summed E-state index contributed by atoms with van der Waals surface area (Å²) in [5.74, 6) is -2.98. The van der Waals surface area contributed by atoms with Crippen LogP contribution in [0.5, 0.6) is 0 Å². The van der Waals surface area contributed by atoms with Crippen LogP contribution in [0.3, 0.4) is 0 Å². The number of hydrogen-bond donors (Lipinski definition) is 2. The second kappa shape index (κ2) is 7.55. The fraction of sp³-hybridized carbons (Fsp3) is 0.111. The molecule has 0 saturated heterocycles. The molecule has 0 aromatic heterocycles. The summed E-state index contributed by atoms with van der Waals surface area (Å²) < 4.78 is 13.1. The van der Waals surface area contributed by atoms with Gasteiger partial charge in [-0.25, -0.2) is 4.39 Å². The molecule has 9 heteroatoms. The normalized spacial score (nSPS) is 12.7. The number of nitrogens with one attached hydrogen (secondary N) is 2. The zero-order valence-electron chi connectivity index (χ0n) is 13.8. The van der Waals surface area contributed by atoms with E-state index in [0.29, 0.717) is 0 Å². The first-order valence-electron chi connectivity index (χ1n) is 7.83.